The van der Waals surface area contributed by atoms with Gasteiger partial charge in [-0.3, -0.25) is 9.69 Å². The van der Waals surface area contributed by atoms with Crippen LogP contribution in [0.1, 0.15) is 49.0 Å². The van der Waals surface area contributed by atoms with Gasteiger partial charge >= 0.3 is 0 Å². The van der Waals surface area contributed by atoms with Crippen LogP contribution < -0.4 is 4.74 Å². The molecule has 0 radical (unpaired) electrons. The van der Waals surface area contributed by atoms with E-state index in [1.165, 1.54) is 25.8 Å². The fraction of sp³-hybridized carbons (Fsp3) is 0.588. The molecule has 1 saturated heterocycles. The van der Waals surface area contributed by atoms with Crippen LogP contribution in [0.3, 0.4) is 0 Å². The summed E-state index contributed by atoms with van der Waals surface area (Å²) in [6.45, 7) is 7.06. The lowest BCUT2D eigenvalue weighted by Gasteiger charge is -2.18. The maximum atomic E-state index is 11.5. The largest absolute Gasteiger partial charge is 0.496 e. The van der Waals surface area contributed by atoms with E-state index in [1.54, 1.807) is 14.0 Å². The molecule has 2 rings (SSSR count). The van der Waals surface area contributed by atoms with E-state index in [0.717, 1.165) is 35.9 Å². The molecule has 110 valence electrons. The molecule has 1 unspecified atom stereocenters. The number of carbonyl (C=O) groups excluding carboxylic acids is 1. The third-order valence-corrected chi connectivity index (χ3v) is 4.15. The third-order valence-electron chi connectivity index (χ3n) is 4.15. The molecular weight excluding hydrogens is 250 g/mol. The molecule has 1 fully saturated rings. The number of hydrogen-bond acceptors (Lipinski definition) is 3. The second-order valence-corrected chi connectivity index (χ2v) is 5.76. The number of rotatable bonds is 6. The van der Waals surface area contributed by atoms with Crippen molar-refractivity contribution < 1.29 is 9.53 Å². The molecular formula is C17H25NO2. The molecule has 0 bridgehead atoms. The normalized spacial score (nSPS) is 19.2. The lowest BCUT2D eigenvalue weighted by Crippen LogP contribution is -2.20. The van der Waals surface area contributed by atoms with Crippen molar-refractivity contribution >= 4 is 5.78 Å². The van der Waals surface area contributed by atoms with Gasteiger partial charge in [-0.1, -0.05) is 13.3 Å². The van der Waals surface area contributed by atoms with Crippen LogP contribution in [0.4, 0.5) is 0 Å². The topological polar surface area (TPSA) is 29.5 Å². The average Bonchev–Trinajstić information content (AvgIpc) is 2.86. The van der Waals surface area contributed by atoms with Gasteiger partial charge in [0.05, 0.1) is 7.11 Å². The molecule has 1 aromatic rings. The van der Waals surface area contributed by atoms with Gasteiger partial charge in [0.2, 0.25) is 0 Å². The Kier molecular flexibility index (Phi) is 5.18. The Bertz CT molecular complexity index is 470. The van der Waals surface area contributed by atoms with E-state index >= 15 is 0 Å². The molecule has 3 nitrogen and oxygen atoms in total. The maximum Gasteiger partial charge on any atom is 0.159 e. The van der Waals surface area contributed by atoms with Crippen molar-refractivity contribution in [2.45, 2.75) is 39.7 Å². The van der Waals surface area contributed by atoms with E-state index in [0.29, 0.717) is 0 Å². The molecule has 1 aliphatic rings. The fourth-order valence-electron chi connectivity index (χ4n) is 3.06. The lowest BCUT2D eigenvalue weighted by atomic mass is 10.0. The summed E-state index contributed by atoms with van der Waals surface area (Å²) < 4.78 is 5.43. The molecule has 0 saturated carbocycles. The summed E-state index contributed by atoms with van der Waals surface area (Å²) in [6.07, 6.45) is 3.88. The quantitative estimate of drug-likeness (QED) is 0.744. The van der Waals surface area contributed by atoms with Gasteiger partial charge < -0.3 is 4.74 Å². The van der Waals surface area contributed by atoms with E-state index in [9.17, 15) is 4.79 Å². The summed E-state index contributed by atoms with van der Waals surface area (Å²) in [6, 6.07) is 5.73. The zero-order valence-corrected chi connectivity index (χ0v) is 12.8. The first-order valence-corrected chi connectivity index (χ1v) is 7.54. The van der Waals surface area contributed by atoms with Gasteiger partial charge in [0.15, 0.2) is 5.78 Å². The van der Waals surface area contributed by atoms with Crippen LogP contribution in [0.25, 0.3) is 0 Å². The van der Waals surface area contributed by atoms with Crippen molar-refractivity contribution in [1.29, 1.82) is 0 Å². The number of benzene rings is 1. The SMILES string of the molecule is CCCC1CCN(Cc2cc(C(C)=O)ccc2OC)C1. The van der Waals surface area contributed by atoms with E-state index in [-0.39, 0.29) is 5.78 Å². The van der Waals surface area contributed by atoms with Crippen molar-refractivity contribution in [2.24, 2.45) is 5.92 Å². The van der Waals surface area contributed by atoms with Gasteiger partial charge in [0.25, 0.3) is 0 Å². The second-order valence-electron chi connectivity index (χ2n) is 5.76. The average molecular weight is 275 g/mol. The number of nitrogens with zero attached hydrogens (tertiary/aromatic N) is 1. The highest BCUT2D eigenvalue weighted by Crippen LogP contribution is 2.26. The molecule has 1 aliphatic heterocycles. The second kappa shape index (κ2) is 6.89. The van der Waals surface area contributed by atoms with Crippen LogP contribution in [0.5, 0.6) is 5.75 Å². The van der Waals surface area contributed by atoms with Gasteiger partial charge in [0, 0.05) is 24.2 Å². The van der Waals surface area contributed by atoms with Gasteiger partial charge in [-0.25, -0.2) is 0 Å². The number of carbonyl (C=O) groups is 1. The maximum absolute atomic E-state index is 11.5. The van der Waals surface area contributed by atoms with E-state index in [2.05, 4.69) is 11.8 Å². The number of hydrogen-bond donors (Lipinski definition) is 0. The summed E-state index contributed by atoms with van der Waals surface area (Å²) in [5, 5.41) is 0. The molecule has 20 heavy (non-hydrogen) atoms. The summed E-state index contributed by atoms with van der Waals surface area (Å²) in [5.74, 6) is 1.83. The first-order valence-electron chi connectivity index (χ1n) is 7.54. The predicted octanol–water partition coefficient (Wildman–Crippen LogP) is 3.52. The first-order chi connectivity index (χ1) is 9.63. The number of ether oxygens (including phenoxy) is 1. The van der Waals surface area contributed by atoms with Crippen molar-refractivity contribution in [1.82, 2.24) is 4.90 Å². The Morgan fingerprint density at radius 1 is 1.45 bits per heavy atom. The molecule has 1 heterocycles. The molecule has 1 aromatic carbocycles. The summed E-state index contributed by atoms with van der Waals surface area (Å²) in [5.41, 5.74) is 1.89. The van der Waals surface area contributed by atoms with Crippen LogP contribution in [0, 0.1) is 5.92 Å². The molecule has 0 spiro atoms. The van der Waals surface area contributed by atoms with E-state index in [1.807, 2.05) is 18.2 Å². The third kappa shape index (κ3) is 3.60. The molecule has 1 atom stereocenters. The highest BCUT2D eigenvalue weighted by molar-refractivity contribution is 5.94. The highest BCUT2D eigenvalue weighted by atomic mass is 16.5. The number of Topliss-reactive ketones (excluding diaryl/α,β-unsaturated/α-hetero) is 1. The zero-order chi connectivity index (χ0) is 14.5. The smallest absolute Gasteiger partial charge is 0.159 e. The molecule has 0 N–H and O–H groups in total. The van der Waals surface area contributed by atoms with Crippen molar-refractivity contribution in [3.05, 3.63) is 29.3 Å². The van der Waals surface area contributed by atoms with Gasteiger partial charge in [0.1, 0.15) is 5.75 Å². The summed E-state index contributed by atoms with van der Waals surface area (Å²) >= 11 is 0. The minimum atomic E-state index is 0.110. The van der Waals surface area contributed by atoms with Gasteiger partial charge in [-0.15, -0.1) is 0 Å². The van der Waals surface area contributed by atoms with Crippen LogP contribution in [-0.2, 0) is 6.54 Å². The highest BCUT2D eigenvalue weighted by Gasteiger charge is 2.22. The standard InChI is InChI=1S/C17H25NO2/c1-4-5-14-8-9-18(11-14)12-16-10-15(13(2)19)6-7-17(16)20-3/h6-7,10,14H,4-5,8-9,11-12H2,1-3H3. The Balaban J connectivity index is 2.08. The molecule has 3 heteroatoms. The van der Waals surface area contributed by atoms with Crippen LogP contribution >= 0.6 is 0 Å². The van der Waals surface area contributed by atoms with Crippen molar-refractivity contribution in [3.8, 4) is 5.75 Å². The molecule has 0 amide bonds. The Morgan fingerprint density at radius 2 is 2.25 bits per heavy atom. The van der Waals surface area contributed by atoms with Crippen LogP contribution in [0.15, 0.2) is 18.2 Å². The number of likely N-dealkylation sites (tertiary alicyclic amines) is 1. The Labute approximate surface area is 121 Å². The predicted molar refractivity (Wildman–Crippen MR) is 81.3 cm³/mol. The minimum Gasteiger partial charge on any atom is -0.496 e. The number of methoxy groups -OCH3 is 1. The van der Waals surface area contributed by atoms with Crippen molar-refractivity contribution in [3.63, 3.8) is 0 Å². The fourth-order valence-corrected chi connectivity index (χ4v) is 3.06. The zero-order valence-electron chi connectivity index (χ0n) is 12.8. The number of ketones is 1. The summed E-state index contributed by atoms with van der Waals surface area (Å²) in [7, 11) is 1.69. The minimum absolute atomic E-state index is 0.110. The van der Waals surface area contributed by atoms with E-state index in [4.69, 9.17) is 4.74 Å². The Morgan fingerprint density at radius 3 is 2.90 bits per heavy atom. The Hall–Kier alpha value is -1.35. The first kappa shape index (κ1) is 15.0. The monoisotopic (exact) mass is 275 g/mol. The van der Waals surface area contributed by atoms with Crippen LogP contribution in [0.2, 0.25) is 0 Å². The summed E-state index contributed by atoms with van der Waals surface area (Å²) in [4.78, 5) is 14.0. The lowest BCUT2D eigenvalue weighted by molar-refractivity contribution is 0.101. The van der Waals surface area contributed by atoms with E-state index < -0.39 is 0 Å². The van der Waals surface area contributed by atoms with Gasteiger partial charge in [-0.05, 0) is 50.4 Å². The molecule has 0 aliphatic carbocycles. The van der Waals surface area contributed by atoms with Crippen molar-refractivity contribution in [2.75, 3.05) is 20.2 Å². The van der Waals surface area contributed by atoms with Gasteiger partial charge in [-0.2, -0.15) is 0 Å². The molecule has 0 aromatic heterocycles. The van der Waals surface area contributed by atoms with Crippen LogP contribution in [-0.4, -0.2) is 30.9 Å².